The summed E-state index contributed by atoms with van der Waals surface area (Å²) in [5.74, 6) is 0. The summed E-state index contributed by atoms with van der Waals surface area (Å²) in [5, 5.41) is 3.45. The molecule has 0 aromatic carbocycles. The number of hydrogen-bond acceptors (Lipinski definition) is 3. The van der Waals surface area contributed by atoms with E-state index in [4.69, 9.17) is 9.47 Å². The van der Waals surface area contributed by atoms with Gasteiger partial charge in [-0.25, -0.2) is 0 Å². The molecule has 0 fully saturated rings. The summed E-state index contributed by atoms with van der Waals surface area (Å²) in [4.78, 5) is 0. The average molecular weight is 203 g/mol. The first-order chi connectivity index (χ1) is 6.81. The Hall–Kier alpha value is -0.120. The number of ether oxygens (including phenoxy) is 2. The molecule has 0 saturated heterocycles. The summed E-state index contributed by atoms with van der Waals surface area (Å²) in [6.07, 6.45) is 3.52. The van der Waals surface area contributed by atoms with Crippen LogP contribution in [0.15, 0.2) is 0 Å². The molecule has 0 saturated carbocycles. The van der Waals surface area contributed by atoms with Crippen molar-refractivity contribution in [3.05, 3.63) is 0 Å². The number of nitrogens with one attached hydrogen (secondary N) is 1. The van der Waals surface area contributed by atoms with Crippen LogP contribution in [0.1, 0.15) is 33.1 Å². The average Bonchev–Trinajstić information content (AvgIpc) is 2.20. The van der Waals surface area contributed by atoms with Gasteiger partial charge in [-0.1, -0.05) is 6.92 Å². The molecule has 0 spiro atoms. The SMILES string of the molecule is CCCNC(C)CCCOCCOC. The second-order valence-corrected chi connectivity index (χ2v) is 3.60. The van der Waals surface area contributed by atoms with Gasteiger partial charge in [-0.2, -0.15) is 0 Å². The third-order valence-corrected chi connectivity index (χ3v) is 2.10. The number of hydrogen-bond donors (Lipinski definition) is 1. The van der Waals surface area contributed by atoms with Gasteiger partial charge in [-0.15, -0.1) is 0 Å². The summed E-state index contributed by atoms with van der Waals surface area (Å²) in [7, 11) is 1.69. The van der Waals surface area contributed by atoms with Gasteiger partial charge in [0, 0.05) is 19.8 Å². The van der Waals surface area contributed by atoms with Crippen molar-refractivity contribution in [1.82, 2.24) is 5.32 Å². The molecule has 0 aromatic rings. The molecule has 0 aromatic heterocycles. The third kappa shape index (κ3) is 9.96. The lowest BCUT2D eigenvalue weighted by atomic mass is 10.2. The topological polar surface area (TPSA) is 30.5 Å². The Morgan fingerprint density at radius 2 is 2.00 bits per heavy atom. The maximum atomic E-state index is 5.38. The first-order valence-electron chi connectivity index (χ1n) is 5.61. The zero-order chi connectivity index (χ0) is 10.6. The van der Waals surface area contributed by atoms with E-state index in [0.717, 1.165) is 19.6 Å². The van der Waals surface area contributed by atoms with Crippen LogP contribution < -0.4 is 5.32 Å². The summed E-state index contributed by atoms with van der Waals surface area (Å²) in [6, 6.07) is 0.612. The van der Waals surface area contributed by atoms with Crippen LogP contribution in [0.2, 0.25) is 0 Å². The van der Waals surface area contributed by atoms with Crippen molar-refractivity contribution in [2.24, 2.45) is 0 Å². The fourth-order valence-electron chi connectivity index (χ4n) is 1.23. The monoisotopic (exact) mass is 203 g/mol. The van der Waals surface area contributed by atoms with Gasteiger partial charge >= 0.3 is 0 Å². The normalized spacial score (nSPS) is 13.1. The van der Waals surface area contributed by atoms with Crippen molar-refractivity contribution < 1.29 is 9.47 Å². The lowest BCUT2D eigenvalue weighted by Crippen LogP contribution is -2.26. The summed E-state index contributed by atoms with van der Waals surface area (Å²) < 4.78 is 10.3. The summed E-state index contributed by atoms with van der Waals surface area (Å²) in [6.45, 7) is 7.79. The fourth-order valence-corrected chi connectivity index (χ4v) is 1.23. The molecule has 0 bridgehead atoms. The summed E-state index contributed by atoms with van der Waals surface area (Å²) in [5.41, 5.74) is 0. The minimum absolute atomic E-state index is 0.612. The Bertz CT molecular complexity index is 109. The molecule has 86 valence electrons. The quantitative estimate of drug-likeness (QED) is 0.549. The minimum Gasteiger partial charge on any atom is -0.382 e. The number of methoxy groups -OCH3 is 1. The molecular weight excluding hydrogens is 178 g/mol. The molecule has 0 aliphatic carbocycles. The van der Waals surface area contributed by atoms with E-state index in [-0.39, 0.29) is 0 Å². The van der Waals surface area contributed by atoms with Crippen molar-refractivity contribution in [2.75, 3.05) is 33.5 Å². The van der Waals surface area contributed by atoms with Crippen molar-refractivity contribution in [3.63, 3.8) is 0 Å². The Morgan fingerprint density at radius 3 is 2.64 bits per heavy atom. The predicted molar refractivity (Wildman–Crippen MR) is 59.7 cm³/mol. The smallest absolute Gasteiger partial charge is 0.0700 e. The van der Waals surface area contributed by atoms with Crippen LogP contribution in [0.4, 0.5) is 0 Å². The molecule has 1 unspecified atom stereocenters. The van der Waals surface area contributed by atoms with E-state index in [0.29, 0.717) is 19.3 Å². The van der Waals surface area contributed by atoms with E-state index in [2.05, 4.69) is 19.2 Å². The van der Waals surface area contributed by atoms with Gasteiger partial charge in [0.25, 0.3) is 0 Å². The molecular formula is C11H25NO2. The standard InChI is InChI=1S/C11H25NO2/c1-4-7-12-11(2)6-5-8-14-10-9-13-3/h11-12H,4-10H2,1-3H3. The Kier molecular flexibility index (Phi) is 10.9. The van der Waals surface area contributed by atoms with Gasteiger partial charge in [0.1, 0.15) is 0 Å². The van der Waals surface area contributed by atoms with Crippen molar-refractivity contribution in [2.45, 2.75) is 39.2 Å². The van der Waals surface area contributed by atoms with E-state index < -0.39 is 0 Å². The Labute approximate surface area is 88.2 Å². The van der Waals surface area contributed by atoms with Crippen LogP contribution >= 0.6 is 0 Å². The van der Waals surface area contributed by atoms with Gasteiger partial charge in [0.15, 0.2) is 0 Å². The van der Waals surface area contributed by atoms with Crippen LogP contribution in [0.5, 0.6) is 0 Å². The highest BCUT2D eigenvalue weighted by Crippen LogP contribution is 1.96. The maximum absolute atomic E-state index is 5.38. The molecule has 1 atom stereocenters. The predicted octanol–water partition coefficient (Wildman–Crippen LogP) is 1.82. The lowest BCUT2D eigenvalue weighted by Gasteiger charge is -2.12. The van der Waals surface area contributed by atoms with Crippen LogP contribution in [-0.4, -0.2) is 39.5 Å². The van der Waals surface area contributed by atoms with E-state index in [1.54, 1.807) is 7.11 Å². The highest BCUT2D eigenvalue weighted by Gasteiger charge is 1.99. The molecule has 1 N–H and O–H groups in total. The van der Waals surface area contributed by atoms with Crippen LogP contribution in [-0.2, 0) is 9.47 Å². The largest absolute Gasteiger partial charge is 0.382 e. The van der Waals surface area contributed by atoms with Crippen LogP contribution in [0, 0.1) is 0 Å². The van der Waals surface area contributed by atoms with Crippen molar-refractivity contribution in [3.8, 4) is 0 Å². The Morgan fingerprint density at radius 1 is 1.21 bits per heavy atom. The van der Waals surface area contributed by atoms with Gasteiger partial charge in [-0.3, -0.25) is 0 Å². The van der Waals surface area contributed by atoms with Gasteiger partial charge in [0.05, 0.1) is 13.2 Å². The molecule has 14 heavy (non-hydrogen) atoms. The van der Waals surface area contributed by atoms with Gasteiger partial charge in [-0.05, 0) is 32.7 Å². The zero-order valence-corrected chi connectivity index (χ0v) is 9.84. The lowest BCUT2D eigenvalue weighted by molar-refractivity contribution is 0.0680. The maximum Gasteiger partial charge on any atom is 0.0700 e. The van der Waals surface area contributed by atoms with Crippen molar-refractivity contribution in [1.29, 1.82) is 0 Å². The fraction of sp³-hybridized carbons (Fsp3) is 1.00. The van der Waals surface area contributed by atoms with Gasteiger partial charge < -0.3 is 14.8 Å². The molecule has 0 aliphatic heterocycles. The molecule has 0 heterocycles. The third-order valence-electron chi connectivity index (χ3n) is 2.10. The van der Waals surface area contributed by atoms with E-state index in [9.17, 15) is 0 Å². The van der Waals surface area contributed by atoms with E-state index in [1.807, 2.05) is 0 Å². The second kappa shape index (κ2) is 11.0. The minimum atomic E-state index is 0.612. The van der Waals surface area contributed by atoms with Crippen LogP contribution in [0.3, 0.4) is 0 Å². The first kappa shape index (κ1) is 13.9. The molecule has 3 heteroatoms. The highest BCUT2D eigenvalue weighted by atomic mass is 16.5. The molecule has 0 radical (unpaired) electrons. The van der Waals surface area contributed by atoms with Crippen molar-refractivity contribution >= 4 is 0 Å². The molecule has 3 nitrogen and oxygen atoms in total. The molecule has 0 amide bonds. The highest BCUT2D eigenvalue weighted by molar-refractivity contribution is 4.59. The second-order valence-electron chi connectivity index (χ2n) is 3.60. The zero-order valence-electron chi connectivity index (χ0n) is 9.84. The summed E-state index contributed by atoms with van der Waals surface area (Å²) >= 11 is 0. The molecule has 0 aliphatic rings. The van der Waals surface area contributed by atoms with E-state index in [1.165, 1.54) is 12.8 Å². The van der Waals surface area contributed by atoms with Gasteiger partial charge in [0.2, 0.25) is 0 Å². The number of rotatable bonds is 10. The molecule has 0 rings (SSSR count). The Balaban J connectivity index is 3.02. The van der Waals surface area contributed by atoms with Crippen LogP contribution in [0.25, 0.3) is 0 Å². The first-order valence-corrected chi connectivity index (χ1v) is 5.61. The van der Waals surface area contributed by atoms with E-state index >= 15 is 0 Å².